The summed E-state index contributed by atoms with van der Waals surface area (Å²) in [6.45, 7) is 2.95. The van der Waals surface area contributed by atoms with Gasteiger partial charge < -0.3 is 14.4 Å². The summed E-state index contributed by atoms with van der Waals surface area (Å²) >= 11 is 6.00. The standard InChI is InChI=1S/C19H18ClN3O3/c1-11-8-15(24)17(21-10-11)19(25)23-6-4-12(5-7-23)18-22-14-9-13(20)2-3-16(14)26-18/h2-3,8-10,12,24H,4-7H2,1H3. The van der Waals surface area contributed by atoms with Crippen molar-refractivity contribution in [2.24, 2.45) is 0 Å². The number of carbonyl (C=O) groups is 1. The summed E-state index contributed by atoms with van der Waals surface area (Å²) in [6, 6.07) is 6.94. The maximum atomic E-state index is 12.6. The molecule has 1 aromatic carbocycles. The molecule has 0 aliphatic carbocycles. The lowest BCUT2D eigenvalue weighted by molar-refractivity contribution is 0.0697. The lowest BCUT2D eigenvalue weighted by Gasteiger charge is -2.30. The molecular formula is C19H18ClN3O3. The Morgan fingerprint density at radius 2 is 2.08 bits per heavy atom. The van der Waals surface area contributed by atoms with E-state index in [0.29, 0.717) is 24.0 Å². The van der Waals surface area contributed by atoms with Gasteiger partial charge >= 0.3 is 0 Å². The quantitative estimate of drug-likeness (QED) is 0.738. The minimum absolute atomic E-state index is 0.0760. The van der Waals surface area contributed by atoms with Crippen LogP contribution in [0.3, 0.4) is 0 Å². The number of likely N-dealkylation sites (tertiary alicyclic amines) is 1. The zero-order valence-corrected chi connectivity index (χ0v) is 15.0. The largest absolute Gasteiger partial charge is 0.505 e. The van der Waals surface area contributed by atoms with Crippen LogP contribution in [0.4, 0.5) is 0 Å². The lowest BCUT2D eigenvalue weighted by atomic mass is 9.96. The summed E-state index contributed by atoms with van der Waals surface area (Å²) in [5.41, 5.74) is 2.39. The van der Waals surface area contributed by atoms with Crippen LogP contribution in [0.5, 0.6) is 5.75 Å². The molecule has 3 aromatic rings. The molecule has 1 amide bonds. The molecule has 1 aliphatic heterocycles. The Morgan fingerprint density at radius 1 is 1.31 bits per heavy atom. The third-order valence-electron chi connectivity index (χ3n) is 4.70. The zero-order chi connectivity index (χ0) is 18.3. The van der Waals surface area contributed by atoms with Gasteiger partial charge in [0.05, 0.1) is 0 Å². The molecule has 1 saturated heterocycles. The zero-order valence-electron chi connectivity index (χ0n) is 14.3. The number of pyridine rings is 1. The van der Waals surface area contributed by atoms with E-state index in [1.165, 1.54) is 0 Å². The SMILES string of the molecule is Cc1cnc(C(=O)N2CCC(c3nc4cc(Cl)ccc4o3)CC2)c(O)c1. The van der Waals surface area contributed by atoms with Gasteiger partial charge in [-0.1, -0.05) is 11.6 Å². The van der Waals surface area contributed by atoms with E-state index in [1.54, 1.807) is 29.3 Å². The highest BCUT2D eigenvalue weighted by molar-refractivity contribution is 6.31. The molecule has 2 aromatic heterocycles. The van der Waals surface area contributed by atoms with Crippen LogP contribution in [0.25, 0.3) is 11.1 Å². The number of carbonyl (C=O) groups excluding carboxylic acids is 1. The molecule has 4 rings (SSSR count). The molecule has 26 heavy (non-hydrogen) atoms. The first-order valence-electron chi connectivity index (χ1n) is 8.52. The molecule has 134 valence electrons. The molecule has 1 N–H and O–H groups in total. The number of benzene rings is 1. The molecule has 3 heterocycles. The van der Waals surface area contributed by atoms with Gasteiger partial charge in [0.25, 0.3) is 5.91 Å². The van der Waals surface area contributed by atoms with Gasteiger partial charge in [0, 0.05) is 30.2 Å². The number of aromatic hydroxyl groups is 1. The molecule has 0 radical (unpaired) electrons. The monoisotopic (exact) mass is 371 g/mol. The highest BCUT2D eigenvalue weighted by Gasteiger charge is 2.29. The second-order valence-electron chi connectivity index (χ2n) is 6.61. The Balaban J connectivity index is 1.47. The number of piperidine rings is 1. The summed E-state index contributed by atoms with van der Waals surface area (Å²) < 4.78 is 5.85. The fourth-order valence-corrected chi connectivity index (χ4v) is 3.46. The number of halogens is 1. The average Bonchev–Trinajstić information content (AvgIpc) is 3.04. The van der Waals surface area contributed by atoms with E-state index in [-0.39, 0.29) is 23.3 Å². The Hall–Kier alpha value is -2.60. The lowest BCUT2D eigenvalue weighted by Crippen LogP contribution is -2.38. The molecule has 0 bridgehead atoms. The number of nitrogens with zero attached hydrogens (tertiary/aromatic N) is 3. The highest BCUT2D eigenvalue weighted by atomic mass is 35.5. The predicted octanol–water partition coefficient (Wildman–Crippen LogP) is 3.91. The molecular weight excluding hydrogens is 354 g/mol. The van der Waals surface area contributed by atoms with Crippen LogP contribution in [0.2, 0.25) is 5.02 Å². The van der Waals surface area contributed by atoms with Gasteiger partial charge in [0.2, 0.25) is 0 Å². The van der Waals surface area contributed by atoms with Gasteiger partial charge in [0.15, 0.2) is 17.2 Å². The van der Waals surface area contributed by atoms with Crippen molar-refractivity contribution in [1.29, 1.82) is 0 Å². The van der Waals surface area contributed by atoms with Crippen molar-refractivity contribution >= 4 is 28.6 Å². The van der Waals surface area contributed by atoms with E-state index >= 15 is 0 Å². The van der Waals surface area contributed by atoms with E-state index in [2.05, 4.69) is 9.97 Å². The Kier molecular flexibility index (Phi) is 4.28. The van der Waals surface area contributed by atoms with Crippen LogP contribution in [-0.4, -0.2) is 39.0 Å². The Bertz CT molecular complexity index is 977. The van der Waals surface area contributed by atoms with Crippen molar-refractivity contribution < 1.29 is 14.3 Å². The van der Waals surface area contributed by atoms with Crippen LogP contribution in [0.15, 0.2) is 34.9 Å². The third-order valence-corrected chi connectivity index (χ3v) is 4.94. The van der Waals surface area contributed by atoms with E-state index in [9.17, 15) is 9.90 Å². The first-order valence-corrected chi connectivity index (χ1v) is 8.90. The van der Waals surface area contributed by atoms with E-state index in [1.807, 2.05) is 13.0 Å². The second-order valence-corrected chi connectivity index (χ2v) is 7.05. The molecule has 1 fully saturated rings. The summed E-state index contributed by atoms with van der Waals surface area (Å²) in [6.07, 6.45) is 3.08. The van der Waals surface area contributed by atoms with Gasteiger partial charge in [-0.05, 0) is 49.6 Å². The average molecular weight is 372 g/mol. The first-order chi connectivity index (χ1) is 12.5. The number of fused-ring (bicyclic) bond motifs is 1. The van der Waals surface area contributed by atoms with E-state index < -0.39 is 0 Å². The van der Waals surface area contributed by atoms with E-state index in [4.69, 9.17) is 16.0 Å². The topological polar surface area (TPSA) is 79.5 Å². The first kappa shape index (κ1) is 16.8. The summed E-state index contributed by atoms with van der Waals surface area (Å²) in [7, 11) is 0. The van der Waals surface area contributed by atoms with Crippen LogP contribution in [0, 0.1) is 6.92 Å². The highest BCUT2D eigenvalue weighted by Crippen LogP contribution is 2.31. The van der Waals surface area contributed by atoms with Crippen molar-refractivity contribution in [2.75, 3.05) is 13.1 Å². The van der Waals surface area contributed by atoms with Crippen molar-refractivity contribution in [2.45, 2.75) is 25.7 Å². The number of aryl methyl sites for hydroxylation is 1. The van der Waals surface area contributed by atoms with Crippen LogP contribution in [-0.2, 0) is 0 Å². The van der Waals surface area contributed by atoms with Crippen molar-refractivity contribution in [1.82, 2.24) is 14.9 Å². The molecule has 0 spiro atoms. The number of rotatable bonds is 2. The summed E-state index contributed by atoms with van der Waals surface area (Å²) in [4.78, 5) is 22.9. The molecule has 1 aliphatic rings. The Labute approximate surface area is 155 Å². The van der Waals surface area contributed by atoms with Gasteiger partial charge in [-0.3, -0.25) is 4.79 Å². The number of aromatic nitrogens is 2. The van der Waals surface area contributed by atoms with Gasteiger partial charge in [-0.15, -0.1) is 0 Å². The fraction of sp³-hybridized carbons (Fsp3) is 0.316. The van der Waals surface area contributed by atoms with Crippen LogP contribution < -0.4 is 0 Å². The van der Waals surface area contributed by atoms with Crippen molar-refractivity contribution in [3.8, 4) is 5.75 Å². The van der Waals surface area contributed by atoms with Crippen LogP contribution in [0.1, 0.15) is 40.7 Å². The molecule has 6 nitrogen and oxygen atoms in total. The smallest absolute Gasteiger partial charge is 0.276 e. The Morgan fingerprint density at radius 3 is 2.81 bits per heavy atom. The summed E-state index contributed by atoms with van der Waals surface area (Å²) in [5.74, 6) is 0.522. The maximum Gasteiger partial charge on any atom is 0.276 e. The van der Waals surface area contributed by atoms with E-state index in [0.717, 1.165) is 29.5 Å². The maximum absolute atomic E-state index is 12.6. The molecule has 0 unspecified atom stereocenters. The predicted molar refractivity (Wildman–Crippen MR) is 97.5 cm³/mol. The number of oxazole rings is 1. The molecule has 0 saturated carbocycles. The van der Waals surface area contributed by atoms with Crippen molar-refractivity contribution in [3.05, 3.63) is 52.6 Å². The number of hydrogen-bond donors (Lipinski definition) is 1. The minimum atomic E-state index is -0.245. The number of amides is 1. The minimum Gasteiger partial charge on any atom is -0.505 e. The fourth-order valence-electron chi connectivity index (χ4n) is 3.29. The summed E-state index contributed by atoms with van der Waals surface area (Å²) in [5, 5.41) is 10.6. The van der Waals surface area contributed by atoms with Gasteiger partial charge in [-0.25, -0.2) is 9.97 Å². The van der Waals surface area contributed by atoms with Crippen LogP contribution >= 0.6 is 11.6 Å². The third kappa shape index (κ3) is 3.12. The number of hydrogen-bond acceptors (Lipinski definition) is 5. The van der Waals surface area contributed by atoms with Crippen molar-refractivity contribution in [3.63, 3.8) is 0 Å². The molecule has 7 heteroatoms. The second kappa shape index (κ2) is 6.61. The molecule has 0 atom stereocenters. The normalized spacial score (nSPS) is 15.5. The van der Waals surface area contributed by atoms with Gasteiger partial charge in [0.1, 0.15) is 11.3 Å². The van der Waals surface area contributed by atoms with Gasteiger partial charge in [-0.2, -0.15) is 0 Å².